The fourth-order valence-corrected chi connectivity index (χ4v) is 5.65. The van der Waals surface area contributed by atoms with Gasteiger partial charge in [-0.3, -0.25) is 9.52 Å². The number of thiophene rings is 1. The van der Waals surface area contributed by atoms with Crippen LogP contribution in [-0.4, -0.2) is 20.0 Å². The third-order valence-electron chi connectivity index (χ3n) is 5.08. The fourth-order valence-electron chi connectivity index (χ4n) is 3.60. The van der Waals surface area contributed by atoms with E-state index in [0.29, 0.717) is 17.0 Å². The van der Waals surface area contributed by atoms with Crippen molar-refractivity contribution in [1.82, 2.24) is 5.43 Å². The van der Waals surface area contributed by atoms with Crippen molar-refractivity contribution in [2.45, 2.75) is 4.21 Å². The molecular formula is C24H17N3O3S2. The Balaban J connectivity index is 1.34. The molecule has 0 spiro atoms. The third kappa shape index (κ3) is 3.70. The summed E-state index contributed by atoms with van der Waals surface area (Å²) in [6.45, 7) is 0. The summed E-state index contributed by atoms with van der Waals surface area (Å²) in [7, 11) is -3.64. The Morgan fingerprint density at radius 2 is 1.34 bits per heavy atom. The van der Waals surface area contributed by atoms with E-state index >= 15 is 0 Å². The molecule has 1 aliphatic carbocycles. The number of carbonyl (C=O) groups is 1. The maximum Gasteiger partial charge on any atom is 0.271 e. The lowest BCUT2D eigenvalue weighted by Gasteiger charge is -2.07. The van der Waals surface area contributed by atoms with Gasteiger partial charge >= 0.3 is 0 Å². The van der Waals surface area contributed by atoms with Gasteiger partial charge in [0.1, 0.15) is 4.21 Å². The Morgan fingerprint density at radius 3 is 1.91 bits per heavy atom. The number of anilines is 1. The molecule has 2 N–H and O–H groups in total. The number of hydrazone groups is 1. The summed E-state index contributed by atoms with van der Waals surface area (Å²) in [6.07, 6.45) is 0. The van der Waals surface area contributed by atoms with E-state index in [9.17, 15) is 13.2 Å². The molecule has 3 aromatic carbocycles. The number of benzene rings is 3. The molecule has 5 rings (SSSR count). The van der Waals surface area contributed by atoms with Gasteiger partial charge in [-0.25, -0.2) is 13.8 Å². The smallest absolute Gasteiger partial charge is 0.271 e. The molecule has 158 valence electrons. The molecule has 8 heteroatoms. The zero-order chi connectivity index (χ0) is 22.1. The quantitative estimate of drug-likeness (QED) is 0.373. The van der Waals surface area contributed by atoms with E-state index in [1.165, 1.54) is 6.07 Å². The van der Waals surface area contributed by atoms with Crippen molar-refractivity contribution in [1.29, 1.82) is 0 Å². The van der Waals surface area contributed by atoms with E-state index in [2.05, 4.69) is 15.2 Å². The highest BCUT2D eigenvalue weighted by Gasteiger charge is 2.24. The predicted octanol–water partition coefficient (Wildman–Crippen LogP) is 4.71. The van der Waals surface area contributed by atoms with Gasteiger partial charge in [0.05, 0.1) is 5.71 Å². The first kappa shape index (κ1) is 20.2. The average molecular weight is 460 g/mol. The van der Waals surface area contributed by atoms with Crippen LogP contribution in [0.4, 0.5) is 5.69 Å². The molecule has 0 fully saturated rings. The molecule has 4 aromatic rings. The summed E-state index contributed by atoms with van der Waals surface area (Å²) in [5, 5.41) is 6.10. The molecule has 0 aliphatic heterocycles. The Bertz CT molecular complexity index is 1390. The largest absolute Gasteiger partial charge is 0.279 e. The number of sulfonamides is 1. The molecular weight excluding hydrogens is 442 g/mol. The highest BCUT2D eigenvalue weighted by atomic mass is 32.2. The zero-order valence-electron chi connectivity index (χ0n) is 16.6. The SMILES string of the molecule is O=C(NN=C1c2ccccc2-c2ccccc21)c1ccc(NS(=O)(=O)c2cccs2)cc1. The first-order chi connectivity index (χ1) is 15.5. The van der Waals surface area contributed by atoms with E-state index in [-0.39, 0.29) is 10.1 Å². The third-order valence-corrected chi connectivity index (χ3v) is 7.86. The topological polar surface area (TPSA) is 87.6 Å². The molecule has 1 aromatic heterocycles. The normalized spacial score (nSPS) is 12.1. The number of hydrogen-bond acceptors (Lipinski definition) is 5. The number of nitrogens with one attached hydrogen (secondary N) is 2. The lowest BCUT2D eigenvalue weighted by molar-refractivity contribution is 0.0955. The van der Waals surface area contributed by atoms with E-state index < -0.39 is 10.0 Å². The molecule has 1 heterocycles. The minimum Gasteiger partial charge on any atom is -0.279 e. The van der Waals surface area contributed by atoms with Gasteiger partial charge in [0.2, 0.25) is 0 Å². The van der Waals surface area contributed by atoms with Gasteiger partial charge in [0, 0.05) is 22.4 Å². The number of nitrogens with zero attached hydrogens (tertiary/aromatic N) is 1. The molecule has 0 saturated heterocycles. The van der Waals surface area contributed by atoms with Crippen molar-refractivity contribution in [3.63, 3.8) is 0 Å². The number of hydrogen-bond donors (Lipinski definition) is 2. The zero-order valence-corrected chi connectivity index (χ0v) is 18.3. The van der Waals surface area contributed by atoms with Gasteiger partial charge in [0.25, 0.3) is 15.9 Å². The van der Waals surface area contributed by atoms with Gasteiger partial charge in [-0.05, 0) is 46.8 Å². The number of carbonyl (C=O) groups excluding carboxylic acids is 1. The van der Waals surface area contributed by atoms with Crippen LogP contribution in [0.3, 0.4) is 0 Å². The van der Waals surface area contributed by atoms with Crippen LogP contribution in [0, 0.1) is 0 Å². The first-order valence-corrected chi connectivity index (χ1v) is 12.1. The van der Waals surface area contributed by atoms with Crippen LogP contribution in [0.5, 0.6) is 0 Å². The molecule has 0 bridgehead atoms. The van der Waals surface area contributed by atoms with Gasteiger partial charge in [0.15, 0.2) is 0 Å². The highest BCUT2D eigenvalue weighted by molar-refractivity contribution is 7.94. The molecule has 0 saturated carbocycles. The predicted molar refractivity (Wildman–Crippen MR) is 127 cm³/mol. The number of fused-ring (bicyclic) bond motifs is 3. The summed E-state index contributed by atoms with van der Waals surface area (Å²) >= 11 is 1.14. The van der Waals surface area contributed by atoms with Crippen LogP contribution >= 0.6 is 11.3 Å². The number of rotatable bonds is 5. The van der Waals surface area contributed by atoms with Crippen molar-refractivity contribution < 1.29 is 13.2 Å². The molecule has 0 radical (unpaired) electrons. The first-order valence-electron chi connectivity index (χ1n) is 9.76. The standard InChI is InChI=1S/C24H17N3O3S2/c28-24(16-11-13-17(14-12-16)27-32(29,30)22-10-5-15-31-22)26-25-23-20-8-3-1-6-18(20)19-7-2-4-9-21(19)23/h1-15,27H,(H,26,28). The lowest BCUT2D eigenvalue weighted by Crippen LogP contribution is -2.20. The minimum atomic E-state index is -3.64. The lowest BCUT2D eigenvalue weighted by atomic mass is 10.1. The Hall–Kier alpha value is -3.75. The van der Waals surface area contributed by atoms with Gasteiger partial charge in [-0.1, -0.05) is 54.6 Å². The maximum absolute atomic E-state index is 12.7. The van der Waals surface area contributed by atoms with Crippen molar-refractivity contribution >= 4 is 38.7 Å². The Kier molecular flexibility index (Phi) is 5.08. The van der Waals surface area contributed by atoms with E-state index in [1.54, 1.807) is 35.7 Å². The molecule has 0 unspecified atom stereocenters. The molecule has 1 aliphatic rings. The second-order valence-corrected chi connectivity index (χ2v) is 9.96. The summed E-state index contributed by atoms with van der Waals surface area (Å²) in [5.74, 6) is -0.382. The van der Waals surface area contributed by atoms with E-state index in [0.717, 1.165) is 33.6 Å². The minimum absolute atomic E-state index is 0.229. The van der Waals surface area contributed by atoms with Crippen molar-refractivity contribution in [2.24, 2.45) is 5.10 Å². The van der Waals surface area contributed by atoms with Crippen molar-refractivity contribution in [2.75, 3.05) is 4.72 Å². The fraction of sp³-hybridized carbons (Fsp3) is 0. The van der Waals surface area contributed by atoms with Crippen LogP contribution in [0.15, 0.2) is 99.6 Å². The average Bonchev–Trinajstić information content (AvgIpc) is 3.46. The highest BCUT2D eigenvalue weighted by Crippen LogP contribution is 2.36. The van der Waals surface area contributed by atoms with Crippen molar-refractivity contribution in [3.8, 4) is 11.1 Å². The second kappa shape index (κ2) is 8.07. The van der Waals surface area contributed by atoms with Crippen molar-refractivity contribution in [3.05, 3.63) is 107 Å². The number of amides is 1. The maximum atomic E-state index is 12.7. The van der Waals surface area contributed by atoms with Crippen LogP contribution in [-0.2, 0) is 10.0 Å². The van der Waals surface area contributed by atoms with E-state index in [1.807, 2.05) is 48.5 Å². The van der Waals surface area contributed by atoms with E-state index in [4.69, 9.17) is 0 Å². The summed E-state index contributed by atoms with van der Waals surface area (Å²) in [5.41, 5.74) is 8.18. The van der Waals surface area contributed by atoms with Crippen LogP contribution < -0.4 is 10.1 Å². The summed E-state index contributed by atoms with van der Waals surface area (Å²) < 4.78 is 27.4. The monoisotopic (exact) mass is 459 g/mol. The van der Waals surface area contributed by atoms with Gasteiger partial charge in [-0.15, -0.1) is 11.3 Å². The second-order valence-electron chi connectivity index (χ2n) is 7.11. The Morgan fingerprint density at radius 1 is 0.750 bits per heavy atom. The van der Waals surface area contributed by atoms with Crippen LogP contribution in [0.1, 0.15) is 21.5 Å². The van der Waals surface area contributed by atoms with Gasteiger partial charge in [-0.2, -0.15) is 5.10 Å². The molecule has 1 amide bonds. The summed E-state index contributed by atoms with van der Waals surface area (Å²) in [6, 6.07) is 25.3. The van der Waals surface area contributed by atoms with Gasteiger partial charge < -0.3 is 0 Å². The molecule has 0 atom stereocenters. The van der Waals surface area contributed by atoms with Crippen LogP contribution in [0.25, 0.3) is 11.1 Å². The molecule has 32 heavy (non-hydrogen) atoms. The van der Waals surface area contributed by atoms with Crippen LogP contribution in [0.2, 0.25) is 0 Å². The summed E-state index contributed by atoms with van der Waals surface area (Å²) in [4.78, 5) is 12.7. The molecule has 6 nitrogen and oxygen atoms in total. The Labute approximate surface area is 189 Å².